The quantitative estimate of drug-likeness (QED) is 0.706. The normalized spacial score (nSPS) is 23.2. The molecule has 0 spiro atoms. The van der Waals surface area contributed by atoms with Gasteiger partial charge in [-0.05, 0) is 87.2 Å². The van der Waals surface area contributed by atoms with E-state index in [0.717, 1.165) is 0 Å². The van der Waals surface area contributed by atoms with Gasteiger partial charge in [-0.15, -0.1) is 12.4 Å². The number of hydrogen-bond acceptors (Lipinski definition) is 1. The number of aromatic nitrogens is 1. The Morgan fingerprint density at radius 2 is 1.83 bits per heavy atom. The first-order chi connectivity index (χ1) is 11.2. The van der Waals surface area contributed by atoms with Gasteiger partial charge >= 0.3 is 0 Å². The first-order valence-electron chi connectivity index (χ1n) is 9.54. The molecule has 2 aromatic rings. The second kappa shape index (κ2) is 6.72. The molecule has 132 valence electrons. The molecule has 1 unspecified atom stereocenters. The first-order valence-corrected chi connectivity index (χ1v) is 9.54. The number of hydrogen-bond donors (Lipinski definition) is 0. The van der Waals surface area contributed by atoms with Crippen LogP contribution in [0.2, 0.25) is 0 Å². The zero-order chi connectivity index (χ0) is 16.0. The van der Waals surface area contributed by atoms with Gasteiger partial charge in [-0.1, -0.05) is 19.9 Å². The Morgan fingerprint density at radius 3 is 2.50 bits per heavy atom. The number of fused-ring (bicyclic) bond motifs is 3. The summed E-state index contributed by atoms with van der Waals surface area (Å²) in [6.07, 6.45) is 10.2. The van der Waals surface area contributed by atoms with Crippen molar-refractivity contribution in [3.8, 4) is 0 Å². The molecule has 1 atom stereocenters. The number of rotatable bonds is 3. The molecule has 0 N–H and O–H groups in total. The fourth-order valence-electron chi connectivity index (χ4n) is 5.46. The van der Waals surface area contributed by atoms with E-state index < -0.39 is 0 Å². The molecule has 1 aliphatic carbocycles. The smallest absolute Gasteiger partial charge is 0.0485 e. The van der Waals surface area contributed by atoms with Gasteiger partial charge in [0, 0.05) is 23.4 Å². The molecule has 1 fully saturated rings. The van der Waals surface area contributed by atoms with Crippen LogP contribution in [-0.2, 0) is 6.42 Å². The standard InChI is InChI=1S/C21H30N2.ClH/c1-4-21(5-2)12-11-18-19(20(21)22-13-8-9-14-22)16(3)17-10-6-7-15-23(17)18;/h6-7,10,15,20H,4-5,8-9,11-14H2,1-3H3;1H. The predicted molar refractivity (Wildman–Crippen MR) is 104 cm³/mol. The zero-order valence-corrected chi connectivity index (χ0v) is 16.2. The Hall–Kier alpha value is -0.990. The van der Waals surface area contributed by atoms with Crippen LogP contribution in [0.3, 0.4) is 0 Å². The van der Waals surface area contributed by atoms with E-state index in [1.54, 1.807) is 11.3 Å². The summed E-state index contributed by atoms with van der Waals surface area (Å²) in [4.78, 5) is 2.82. The van der Waals surface area contributed by atoms with Gasteiger partial charge in [-0.3, -0.25) is 4.90 Å². The molecule has 2 aliphatic rings. The van der Waals surface area contributed by atoms with E-state index in [0.29, 0.717) is 11.5 Å². The lowest BCUT2D eigenvalue weighted by Crippen LogP contribution is -2.43. The van der Waals surface area contributed by atoms with Crippen LogP contribution in [0.5, 0.6) is 0 Å². The third-order valence-corrected chi connectivity index (χ3v) is 6.88. The molecule has 0 bridgehead atoms. The summed E-state index contributed by atoms with van der Waals surface area (Å²) in [5, 5.41) is 0. The minimum atomic E-state index is 0. The predicted octanol–water partition coefficient (Wildman–Crippen LogP) is 5.56. The molecule has 3 heteroatoms. The van der Waals surface area contributed by atoms with Crippen molar-refractivity contribution in [2.45, 2.75) is 65.3 Å². The van der Waals surface area contributed by atoms with Crippen LogP contribution in [0, 0.1) is 12.3 Å². The number of halogens is 1. The highest BCUT2D eigenvalue weighted by Crippen LogP contribution is 2.54. The molecule has 0 saturated carbocycles. The Labute approximate surface area is 152 Å². The maximum Gasteiger partial charge on any atom is 0.0485 e. The van der Waals surface area contributed by atoms with Crippen LogP contribution in [0.1, 0.15) is 68.8 Å². The molecule has 0 aromatic carbocycles. The molecule has 2 aromatic heterocycles. The molecular weight excluding hydrogens is 316 g/mol. The highest BCUT2D eigenvalue weighted by atomic mass is 35.5. The van der Waals surface area contributed by atoms with E-state index in [9.17, 15) is 0 Å². The fraction of sp³-hybridized carbons (Fsp3) is 0.619. The summed E-state index contributed by atoms with van der Waals surface area (Å²) >= 11 is 0. The molecule has 1 aliphatic heterocycles. The monoisotopic (exact) mass is 346 g/mol. The third-order valence-electron chi connectivity index (χ3n) is 6.88. The van der Waals surface area contributed by atoms with Gasteiger partial charge in [-0.2, -0.15) is 0 Å². The number of likely N-dealkylation sites (tertiary alicyclic amines) is 1. The van der Waals surface area contributed by atoms with Crippen molar-refractivity contribution in [2.24, 2.45) is 5.41 Å². The van der Waals surface area contributed by atoms with Crippen molar-refractivity contribution < 1.29 is 0 Å². The van der Waals surface area contributed by atoms with E-state index in [1.165, 1.54) is 62.7 Å². The van der Waals surface area contributed by atoms with Gasteiger partial charge in [0.05, 0.1) is 0 Å². The molecule has 4 rings (SSSR count). The Bertz CT molecular complexity index is 708. The Morgan fingerprint density at radius 1 is 1.12 bits per heavy atom. The van der Waals surface area contributed by atoms with Crippen molar-refractivity contribution in [2.75, 3.05) is 13.1 Å². The van der Waals surface area contributed by atoms with Crippen molar-refractivity contribution in [3.05, 3.63) is 41.2 Å². The van der Waals surface area contributed by atoms with Gasteiger partial charge in [0.2, 0.25) is 0 Å². The van der Waals surface area contributed by atoms with Crippen molar-refractivity contribution >= 4 is 17.9 Å². The van der Waals surface area contributed by atoms with Crippen LogP contribution in [0.15, 0.2) is 24.4 Å². The molecule has 1 saturated heterocycles. The highest BCUT2D eigenvalue weighted by molar-refractivity contribution is 5.85. The van der Waals surface area contributed by atoms with Gasteiger partial charge in [0.25, 0.3) is 0 Å². The molecule has 3 heterocycles. The van der Waals surface area contributed by atoms with E-state index >= 15 is 0 Å². The van der Waals surface area contributed by atoms with E-state index in [1.807, 2.05) is 0 Å². The van der Waals surface area contributed by atoms with Gasteiger partial charge in [0.15, 0.2) is 0 Å². The fourth-order valence-corrected chi connectivity index (χ4v) is 5.46. The van der Waals surface area contributed by atoms with Gasteiger partial charge < -0.3 is 4.40 Å². The molecule has 2 nitrogen and oxygen atoms in total. The second-order valence-corrected chi connectivity index (χ2v) is 7.66. The lowest BCUT2D eigenvalue weighted by Gasteiger charge is -2.48. The third kappa shape index (κ3) is 2.42. The van der Waals surface area contributed by atoms with Crippen molar-refractivity contribution in [1.82, 2.24) is 9.30 Å². The maximum atomic E-state index is 2.82. The van der Waals surface area contributed by atoms with Crippen LogP contribution >= 0.6 is 12.4 Å². The lowest BCUT2D eigenvalue weighted by atomic mass is 9.65. The topological polar surface area (TPSA) is 7.65 Å². The molecule has 24 heavy (non-hydrogen) atoms. The zero-order valence-electron chi connectivity index (χ0n) is 15.3. The summed E-state index contributed by atoms with van der Waals surface area (Å²) in [7, 11) is 0. The van der Waals surface area contributed by atoms with Crippen molar-refractivity contribution in [1.29, 1.82) is 0 Å². The van der Waals surface area contributed by atoms with Gasteiger partial charge in [-0.25, -0.2) is 0 Å². The van der Waals surface area contributed by atoms with Crippen LogP contribution < -0.4 is 0 Å². The molecule has 0 radical (unpaired) electrons. The Balaban J connectivity index is 0.00000169. The van der Waals surface area contributed by atoms with E-state index in [2.05, 4.69) is 54.5 Å². The van der Waals surface area contributed by atoms with E-state index in [-0.39, 0.29) is 12.4 Å². The van der Waals surface area contributed by atoms with Crippen LogP contribution in [-0.4, -0.2) is 22.4 Å². The number of pyridine rings is 1. The highest BCUT2D eigenvalue weighted by Gasteiger charge is 2.46. The minimum Gasteiger partial charge on any atom is -0.320 e. The first kappa shape index (κ1) is 17.8. The summed E-state index contributed by atoms with van der Waals surface area (Å²) in [5.74, 6) is 0. The minimum absolute atomic E-state index is 0. The van der Waals surface area contributed by atoms with E-state index in [4.69, 9.17) is 0 Å². The Kier molecular flexibility index (Phi) is 4.99. The van der Waals surface area contributed by atoms with Crippen LogP contribution in [0.4, 0.5) is 0 Å². The molecule has 0 amide bonds. The second-order valence-electron chi connectivity index (χ2n) is 7.66. The SMILES string of the molecule is CCC1(CC)CCc2c(c(C)c3ccccn23)C1N1CCCC1.Cl. The summed E-state index contributed by atoms with van der Waals surface area (Å²) < 4.78 is 2.48. The maximum absolute atomic E-state index is 2.82. The van der Waals surface area contributed by atoms with Gasteiger partial charge in [0.1, 0.15) is 0 Å². The lowest BCUT2D eigenvalue weighted by molar-refractivity contribution is 0.0506. The summed E-state index contributed by atoms with van der Waals surface area (Å²) in [6.45, 7) is 9.78. The average Bonchev–Trinajstić information content (AvgIpc) is 3.22. The largest absolute Gasteiger partial charge is 0.320 e. The van der Waals surface area contributed by atoms with Crippen molar-refractivity contribution in [3.63, 3.8) is 0 Å². The van der Waals surface area contributed by atoms with Crippen LogP contribution in [0.25, 0.3) is 5.52 Å². The number of aryl methyl sites for hydroxylation is 2. The average molecular weight is 347 g/mol. The summed E-state index contributed by atoms with van der Waals surface area (Å²) in [6, 6.07) is 7.29. The summed E-state index contributed by atoms with van der Waals surface area (Å²) in [5.41, 5.74) is 6.68. The molecular formula is C21H31ClN2. The number of nitrogens with zero attached hydrogens (tertiary/aromatic N) is 2.